The molecule has 6 nitrogen and oxygen atoms in total. The van der Waals surface area contributed by atoms with E-state index in [1.165, 1.54) is 13.2 Å². The molecule has 0 aliphatic carbocycles. The van der Waals surface area contributed by atoms with Crippen LogP contribution in [0, 0.1) is 11.6 Å². The van der Waals surface area contributed by atoms with Crippen molar-refractivity contribution in [3.05, 3.63) is 74.7 Å². The summed E-state index contributed by atoms with van der Waals surface area (Å²) in [6.07, 6.45) is 0.906. The normalized spacial score (nSPS) is 19.0. The van der Waals surface area contributed by atoms with E-state index in [2.05, 4.69) is 20.2 Å². The molecule has 1 saturated heterocycles. The number of aliphatic imine (C=N–C) groups is 1. The number of halogens is 4. The van der Waals surface area contributed by atoms with E-state index in [-0.39, 0.29) is 22.1 Å². The maximum Gasteiger partial charge on any atom is 0.338 e. The third-order valence-electron chi connectivity index (χ3n) is 5.03. The van der Waals surface area contributed by atoms with Crippen LogP contribution in [0.5, 0.6) is 0 Å². The molecule has 1 atom stereocenters. The number of benzene rings is 1. The van der Waals surface area contributed by atoms with Gasteiger partial charge in [-0.25, -0.2) is 18.6 Å². The lowest BCUT2D eigenvalue weighted by Gasteiger charge is -2.29. The number of pyridine rings is 1. The van der Waals surface area contributed by atoms with E-state index in [1.807, 2.05) is 0 Å². The molecule has 2 aliphatic rings. The summed E-state index contributed by atoms with van der Waals surface area (Å²) in [4.78, 5) is 23.4. The standard InChI is InChI=1S/C21H18Cl2F2N4O2S/c1-31-21(30)17-16(9-29-4-5-32-10-29)27-20(19-15(25)7-12(24)8-26-19)28-18(17)13-3-2-11(22)6-14(13)23/h2-3,6-8,18H,4-5,9-10H2,1H3,(H,27,28). The number of rotatable bonds is 5. The van der Waals surface area contributed by atoms with E-state index in [4.69, 9.17) is 27.9 Å². The minimum atomic E-state index is -0.903. The highest BCUT2D eigenvalue weighted by atomic mass is 35.5. The minimum Gasteiger partial charge on any atom is -0.466 e. The zero-order valence-corrected chi connectivity index (χ0v) is 19.2. The summed E-state index contributed by atoms with van der Waals surface area (Å²) in [5.74, 6) is -0.474. The molecule has 1 fully saturated rings. The van der Waals surface area contributed by atoms with Gasteiger partial charge in [-0.3, -0.25) is 9.89 Å². The van der Waals surface area contributed by atoms with Crippen LogP contribution in [0.3, 0.4) is 0 Å². The number of methoxy groups -OCH3 is 1. The van der Waals surface area contributed by atoms with Gasteiger partial charge in [-0.05, 0) is 12.1 Å². The van der Waals surface area contributed by atoms with Crippen molar-refractivity contribution in [1.29, 1.82) is 0 Å². The summed E-state index contributed by atoms with van der Waals surface area (Å²) in [6, 6.07) is 4.65. The molecule has 1 aromatic carbocycles. The molecule has 1 aromatic heterocycles. The molecular weight excluding hydrogens is 481 g/mol. The van der Waals surface area contributed by atoms with Crippen molar-refractivity contribution >= 4 is 46.8 Å². The summed E-state index contributed by atoms with van der Waals surface area (Å²) < 4.78 is 33.0. The van der Waals surface area contributed by atoms with Crippen LogP contribution in [0.1, 0.15) is 17.3 Å². The molecule has 0 radical (unpaired) electrons. The first-order valence-electron chi connectivity index (χ1n) is 9.60. The lowest BCUT2D eigenvalue weighted by molar-refractivity contribution is -0.136. The highest BCUT2D eigenvalue weighted by molar-refractivity contribution is 7.99. The van der Waals surface area contributed by atoms with Crippen LogP contribution in [0.15, 0.2) is 46.7 Å². The Balaban J connectivity index is 1.87. The Kier molecular flexibility index (Phi) is 6.99. The predicted octanol–water partition coefficient (Wildman–Crippen LogP) is 4.19. The van der Waals surface area contributed by atoms with Crippen LogP contribution in [-0.2, 0) is 9.53 Å². The highest BCUT2D eigenvalue weighted by Gasteiger charge is 2.35. The Morgan fingerprint density at radius 3 is 2.81 bits per heavy atom. The number of esters is 1. The summed E-state index contributed by atoms with van der Waals surface area (Å²) in [5.41, 5.74) is 1.07. The van der Waals surface area contributed by atoms with Gasteiger partial charge in [0.15, 0.2) is 11.7 Å². The van der Waals surface area contributed by atoms with Crippen LogP contribution in [-0.4, -0.2) is 53.5 Å². The molecule has 0 amide bonds. The monoisotopic (exact) mass is 498 g/mol. The fourth-order valence-electron chi connectivity index (χ4n) is 3.53. The lowest BCUT2D eigenvalue weighted by atomic mass is 9.95. The SMILES string of the molecule is COC(=O)C1=C(CN2CCSC2)NC(c2ncc(F)cc2F)=NC1c1ccc(Cl)cc1Cl. The zero-order valence-electron chi connectivity index (χ0n) is 16.9. The van der Waals surface area contributed by atoms with Crippen molar-refractivity contribution in [2.75, 3.05) is 31.8 Å². The van der Waals surface area contributed by atoms with Gasteiger partial charge in [0.1, 0.15) is 17.6 Å². The molecule has 2 aromatic rings. The van der Waals surface area contributed by atoms with E-state index >= 15 is 0 Å². The fourth-order valence-corrected chi connectivity index (χ4v) is 5.04. The number of nitrogens with one attached hydrogen (secondary N) is 1. The van der Waals surface area contributed by atoms with Gasteiger partial charge in [0.25, 0.3) is 0 Å². The van der Waals surface area contributed by atoms with Gasteiger partial charge in [-0.2, -0.15) is 0 Å². The number of thioether (sulfide) groups is 1. The van der Waals surface area contributed by atoms with Gasteiger partial charge in [0, 0.05) is 52.1 Å². The van der Waals surface area contributed by atoms with Gasteiger partial charge in [0.05, 0.1) is 18.9 Å². The summed E-state index contributed by atoms with van der Waals surface area (Å²) in [7, 11) is 1.28. The molecule has 0 bridgehead atoms. The minimum absolute atomic E-state index is 0.0630. The number of ether oxygens (including phenoxy) is 1. The molecule has 168 valence electrons. The van der Waals surface area contributed by atoms with Crippen molar-refractivity contribution in [2.24, 2.45) is 4.99 Å². The van der Waals surface area contributed by atoms with Gasteiger partial charge < -0.3 is 10.1 Å². The largest absolute Gasteiger partial charge is 0.466 e. The van der Waals surface area contributed by atoms with Crippen LogP contribution in [0.25, 0.3) is 0 Å². The quantitative estimate of drug-likeness (QED) is 0.623. The molecule has 3 heterocycles. The lowest BCUT2D eigenvalue weighted by Crippen LogP contribution is -2.39. The number of nitrogens with zero attached hydrogens (tertiary/aromatic N) is 3. The smallest absolute Gasteiger partial charge is 0.338 e. The first kappa shape index (κ1) is 23.0. The van der Waals surface area contributed by atoms with E-state index in [0.29, 0.717) is 22.8 Å². The van der Waals surface area contributed by atoms with E-state index in [0.717, 1.165) is 30.4 Å². The molecular formula is C21H18Cl2F2N4O2S. The summed E-state index contributed by atoms with van der Waals surface area (Å²) in [6.45, 7) is 1.20. The average Bonchev–Trinajstić information content (AvgIpc) is 3.26. The molecule has 1 N–H and O–H groups in total. The molecule has 1 unspecified atom stereocenters. The van der Waals surface area contributed by atoms with Crippen molar-refractivity contribution in [3.63, 3.8) is 0 Å². The fraction of sp³-hybridized carbons (Fsp3) is 0.286. The first-order valence-corrected chi connectivity index (χ1v) is 11.5. The van der Waals surface area contributed by atoms with Gasteiger partial charge in [0.2, 0.25) is 0 Å². The van der Waals surface area contributed by atoms with Gasteiger partial charge in [-0.1, -0.05) is 29.3 Å². The maximum atomic E-state index is 14.6. The van der Waals surface area contributed by atoms with E-state index in [9.17, 15) is 13.6 Å². The van der Waals surface area contributed by atoms with E-state index < -0.39 is 23.6 Å². The highest BCUT2D eigenvalue weighted by Crippen LogP contribution is 2.37. The maximum absolute atomic E-state index is 14.6. The Bertz CT molecular complexity index is 1120. The molecule has 11 heteroatoms. The second kappa shape index (κ2) is 9.74. The first-order chi connectivity index (χ1) is 15.4. The second-order valence-corrected chi connectivity index (χ2v) is 9.05. The Labute approximate surface area is 197 Å². The average molecular weight is 499 g/mol. The Hall–Kier alpha value is -2.20. The number of carbonyl (C=O) groups excluding carboxylic acids is 1. The summed E-state index contributed by atoms with van der Waals surface area (Å²) in [5, 5.41) is 3.74. The van der Waals surface area contributed by atoms with Gasteiger partial charge in [-0.15, -0.1) is 11.8 Å². The van der Waals surface area contributed by atoms with Crippen LogP contribution in [0.4, 0.5) is 8.78 Å². The van der Waals surface area contributed by atoms with Crippen molar-refractivity contribution < 1.29 is 18.3 Å². The van der Waals surface area contributed by atoms with E-state index in [1.54, 1.807) is 23.9 Å². The van der Waals surface area contributed by atoms with Crippen LogP contribution >= 0.6 is 35.0 Å². The van der Waals surface area contributed by atoms with Crippen molar-refractivity contribution in [3.8, 4) is 0 Å². The molecule has 4 rings (SSSR count). The number of aromatic nitrogens is 1. The van der Waals surface area contributed by atoms with Crippen LogP contribution < -0.4 is 5.32 Å². The molecule has 32 heavy (non-hydrogen) atoms. The third-order valence-corrected chi connectivity index (χ3v) is 6.61. The number of amidine groups is 1. The third kappa shape index (κ3) is 4.76. The number of hydrogen-bond donors (Lipinski definition) is 1. The van der Waals surface area contributed by atoms with Gasteiger partial charge >= 0.3 is 5.97 Å². The van der Waals surface area contributed by atoms with Crippen LogP contribution in [0.2, 0.25) is 10.0 Å². The number of hydrogen-bond acceptors (Lipinski definition) is 7. The Morgan fingerprint density at radius 1 is 1.34 bits per heavy atom. The van der Waals surface area contributed by atoms with Crippen molar-refractivity contribution in [2.45, 2.75) is 6.04 Å². The molecule has 0 saturated carbocycles. The topological polar surface area (TPSA) is 66.8 Å². The number of carbonyl (C=O) groups is 1. The second-order valence-electron chi connectivity index (χ2n) is 7.13. The zero-order chi connectivity index (χ0) is 22.8. The molecule has 2 aliphatic heterocycles. The Morgan fingerprint density at radius 2 is 2.16 bits per heavy atom. The predicted molar refractivity (Wildman–Crippen MR) is 121 cm³/mol. The van der Waals surface area contributed by atoms with Crippen molar-refractivity contribution in [1.82, 2.24) is 15.2 Å². The molecule has 0 spiro atoms. The summed E-state index contributed by atoms with van der Waals surface area (Å²) >= 11 is 14.2.